The maximum absolute atomic E-state index is 2.45. The Morgan fingerprint density at radius 1 is 0.458 bits per heavy atom. The highest BCUT2D eigenvalue weighted by atomic mass is 28.3. The van der Waals surface area contributed by atoms with Gasteiger partial charge in [0, 0.05) is 0 Å². The van der Waals surface area contributed by atoms with Gasteiger partial charge in [0.25, 0.3) is 0 Å². The van der Waals surface area contributed by atoms with Crippen LogP contribution < -0.4 is 10.4 Å². The van der Waals surface area contributed by atoms with Crippen molar-refractivity contribution < 1.29 is 0 Å². The molecule has 2 heteroatoms. The first-order valence-electron chi connectivity index (χ1n) is 8.89. The van der Waals surface area contributed by atoms with Crippen LogP contribution in [-0.4, -0.2) is 16.1 Å². The van der Waals surface area contributed by atoms with Crippen LogP contribution in [-0.2, 0) is 0 Å². The van der Waals surface area contributed by atoms with Crippen molar-refractivity contribution in [1.82, 2.24) is 0 Å². The summed E-state index contributed by atoms with van der Waals surface area (Å²) >= 11 is 0. The first kappa shape index (κ1) is 15.9. The Balaban J connectivity index is 2.26. The molecule has 4 rings (SSSR count). The zero-order valence-corrected chi connectivity index (χ0v) is 17.6. The zero-order valence-electron chi connectivity index (χ0n) is 15.6. The molecule has 0 N–H and O–H groups in total. The molecule has 122 valence electrons. The molecule has 0 bridgehead atoms. The number of rotatable bonds is 2. The lowest BCUT2D eigenvalue weighted by Crippen LogP contribution is -2.38. The van der Waals surface area contributed by atoms with E-state index < -0.39 is 16.1 Å². The van der Waals surface area contributed by atoms with Crippen LogP contribution in [0.4, 0.5) is 0 Å². The summed E-state index contributed by atoms with van der Waals surface area (Å²) in [4.78, 5) is 0. The van der Waals surface area contributed by atoms with Crippen LogP contribution in [0.2, 0.25) is 39.3 Å². The van der Waals surface area contributed by atoms with Gasteiger partial charge in [-0.3, -0.25) is 0 Å². The first-order valence-corrected chi connectivity index (χ1v) is 15.9. The Hall–Kier alpha value is -1.65. The second-order valence-electron chi connectivity index (χ2n) is 9.15. The molecule has 0 aliphatic heterocycles. The van der Waals surface area contributed by atoms with E-state index in [1.54, 1.807) is 10.4 Å². The molecule has 0 saturated heterocycles. The Morgan fingerprint density at radius 3 is 1.12 bits per heavy atom. The van der Waals surface area contributed by atoms with Crippen LogP contribution in [0.15, 0.2) is 48.5 Å². The fraction of sp³-hybridized carbons (Fsp3) is 0.273. The molecule has 0 aliphatic carbocycles. The summed E-state index contributed by atoms with van der Waals surface area (Å²) in [6, 6.07) is 18.9. The van der Waals surface area contributed by atoms with E-state index in [4.69, 9.17) is 0 Å². The van der Waals surface area contributed by atoms with Crippen molar-refractivity contribution in [3.05, 3.63) is 48.5 Å². The van der Waals surface area contributed by atoms with Gasteiger partial charge in [0.05, 0.1) is 16.1 Å². The summed E-state index contributed by atoms with van der Waals surface area (Å²) < 4.78 is 0. The predicted octanol–water partition coefficient (Wildman–Crippen LogP) is 5.67. The lowest BCUT2D eigenvalue weighted by atomic mass is 9.94. The van der Waals surface area contributed by atoms with Crippen LogP contribution in [0, 0.1) is 0 Å². The van der Waals surface area contributed by atoms with Crippen molar-refractivity contribution in [2.24, 2.45) is 0 Å². The lowest BCUT2D eigenvalue weighted by Gasteiger charge is -2.24. The summed E-state index contributed by atoms with van der Waals surface area (Å²) in [5.41, 5.74) is 0. The molecular weight excluding hydrogens is 320 g/mol. The third kappa shape index (κ3) is 2.24. The van der Waals surface area contributed by atoms with Crippen LogP contribution in [0.5, 0.6) is 0 Å². The molecule has 4 aromatic carbocycles. The quantitative estimate of drug-likeness (QED) is 0.324. The molecule has 0 saturated carbocycles. The SMILES string of the molecule is C[Si](C)(C)c1ccc2ccc3c([Si](C)(C)C)ccc4ccc1c2c43. The number of hydrogen-bond acceptors (Lipinski definition) is 0. The van der Waals surface area contributed by atoms with E-state index in [2.05, 4.69) is 87.8 Å². The normalized spacial score (nSPS) is 13.4. The first-order chi connectivity index (χ1) is 11.2. The molecule has 4 aromatic rings. The standard InChI is InChI=1S/C22H26Si2/c1-23(2,3)19-13-9-15-8-12-18-20(24(4,5)6)14-10-16-7-11-17(19)21(15)22(16)18/h7-14H,1-6H3. The van der Waals surface area contributed by atoms with Crippen molar-refractivity contribution in [2.75, 3.05) is 0 Å². The fourth-order valence-electron chi connectivity index (χ4n) is 4.11. The highest BCUT2D eigenvalue weighted by Crippen LogP contribution is 2.34. The smallest absolute Gasteiger partial charge is 0.0656 e. The molecule has 24 heavy (non-hydrogen) atoms. The molecule has 0 aliphatic rings. The molecule has 0 amide bonds. The van der Waals surface area contributed by atoms with E-state index in [0.29, 0.717) is 0 Å². The molecule has 0 heterocycles. The summed E-state index contributed by atoms with van der Waals surface area (Å²) in [5, 5.41) is 11.9. The van der Waals surface area contributed by atoms with Gasteiger partial charge in [0.1, 0.15) is 0 Å². The lowest BCUT2D eigenvalue weighted by molar-refractivity contribution is 1.72. The molecule has 0 spiro atoms. The van der Waals surface area contributed by atoms with Gasteiger partial charge in [0.15, 0.2) is 0 Å². The molecule has 0 aromatic heterocycles. The Kier molecular flexibility index (Phi) is 3.26. The summed E-state index contributed by atoms with van der Waals surface area (Å²) in [5.74, 6) is 0. The summed E-state index contributed by atoms with van der Waals surface area (Å²) in [6.07, 6.45) is 0. The molecule has 0 nitrogen and oxygen atoms in total. The van der Waals surface area contributed by atoms with Gasteiger partial charge in [-0.2, -0.15) is 0 Å². The minimum atomic E-state index is -1.37. The Labute approximate surface area is 146 Å². The average Bonchev–Trinajstić information content (AvgIpc) is 2.50. The van der Waals surface area contributed by atoms with Crippen molar-refractivity contribution in [1.29, 1.82) is 0 Å². The maximum Gasteiger partial charge on any atom is 0.0784 e. The molecular formula is C22H26Si2. The van der Waals surface area contributed by atoms with Gasteiger partial charge in [-0.05, 0) is 32.3 Å². The minimum Gasteiger partial charge on any atom is -0.0656 e. The highest BCUT2D eigenvalue weighted by Gasteiger charge is 2.24. The van der Waals surface area contributed by atoms with E-state index in [9.17, 15) is 0 Å². The topological polar surface area (TPSA) is 0 Å². The van der Waals surface area contributed by atoms with E-state index in [1.165, 1.54) is 32.3 Å². The van der Waals surface area contributed by atoms with E-state index in [0.717, 1.165) is 0 Å². The maximum atomic E-state index is 2.45. The third-order valence-electron chi connectivity index (χ3n) is 5.28. The highest BCUT2D eigenvalue weighted by molar-refractivity contribution is 6.91. The summed E-state index contributed by atoms with van der Waals surface area (Å²) in [6.45, 7) is 14.7. The van der Waals surface area contributed by atoms with Gasteiger partial charge in [-0.25, -0.2) is 0 Å². The van der Waals surface area contributed by atoms with Crippen molar-refractivity contribution >= 4 is 58.8 Å². The molecule has 0 atom stereocenters. The van der Waals surface area contributed by atoms with Crippen LogP contribution in [0.1, 0.15) is 0 Å². The minimum absolute atomic E-state index is 1.37. The largest absolute Gasteiger partial charge is 0.0784 e. The number of hydrogen-bond donors (Lipinski definition) is 0. The second-order valence-corrected chi connectivity index (χ2v) is 19.2. The zero-order chi connectivity index (χ0) is 17.3. The third-order valence-corrected chi connectivity index (χ3v) is 9.38. The van der Waals surface area contributed by atoms with Gasteiger partial charge in [0.2, 0.25) is 0 Å². The summed E-state index contributed by atoms with van der Waals surface area (Å²) in [7, 11) is -2.73. The van der Waals surface area contributed by atoms with Crippen molar-refractivity contribution in [2.45, 2.75) is 39.3 Å². The van der Waals surface area contributed by atoms with Gasteiger partial charge >= 0.3 is 0 Å². The van der Waals surface area contributed by atoms with Crippen molar-refractivity contribution in [3.8, 4) is 0 Å². The van der Waals surface area contributed by atoms with Crippen LogP contribution in [0.3, 0.4) is 0 Å². The Morgan fingerprint density at radius 2 is 0.792 bits per heavy atom. The molecule has 0 radical (unpaired) electrons. The monoisotopic (exact) mass is 346 g/mol. The van der Waals surface area contributed by atoms with Crippen LogP contribution in [0.25, 0.3) is 32.3 Å². The van der Waals surface area contributed by atoms with Crippen LogP contribution >= 0.6 is 0 Å². The van der Waals surface area contributed by atoms with Crippen molar-refractivity contribution in [3.63, 3.8) is 0 Å². The predicted molar refractivity (Wildman–Crippen MR) is 116 cm³/mol. The van der Waals surface area contributed by atoms with E-state index in [-0.39, 0.29) is 0 Å². The van der Waals surface area contributed by atoms with E-state index >= 15 is 0 Å². The molecule has 0 fully saturated rings. The Bertz CT molecular complexity index is 975. The van der Waals surface area contributed by atoms with Gasteiger partial charge < -0.3 is 0 Å². The fourth-order valence-corrected chi connectivity index (χ4v) is 7.31. The van der Waals surface area contributed by atoms with Gasteiger partial charge in [-0.15, -0.1) is 0 Å². The van der Waals surface area contributed by atoms with Gasteiger partial charge in [-0.1, -0.05) is 98.2 Å². The average molecular weight is 347 g/mol. The van der Waals surface area contributed by atoms with E-state index in [1.807, 2.05) is 0 Å². The second kappa shape index (κ2) is 4.93. The number of benzene rings is 4. The molecule has 0 unspecified atom stereocenters.